The Balaban J connectivity index is 2.32. The minimum absolute atomic E-state index is 0.225. The van der Waals surface area contributed by atoms with Crippen molar-refractivity contribution in [1.82, 2.24) is 10.4 Å². The number of carbonyl (C=O) groups excluding carboxylic acids is 2. The summed E-state index contributed by atoms with van der Waals surface area (Å²) in [4.78, 5) is 26.4. The molecule has 2 rings (SSSR count). The van der Waals surface area contributed by atoms with Gasteiger partial charge in [-0.05, 0) is 51.3 Å². The van der Waals surface area contributed by atoms with Gasteiger partial charge in [-0.3, -0.25) is 15.0 Å². The molecule has 0 spiro atoms. The molecule has 0 atom stereocenters. The first-order valence-corrected chi connectivity index (χ1v) is 8.90. The summed E-state index contributed by atoms with van der Waals surface area (Å²) in [5.41, 5.74) is 3.28. The second-order valence-corrected chi connectivity index (χ2v) is 7.17. The lowest BCUT2D eigenvalue weighted by atomic mass is 10.1. The maximum atomic E-state index is 13.0. The van der Waals surface area contributed by atoms with Gasteiger partial charge in [-0.2, -0.15) is 0 Å². The number of benzene rings is 2. The summed E-state index contributed by atoms with van der Waals surface area (Å²) < 4.78 is 0. The third kappa shape index (κ3) is 4.17. The van der Waals surface area contributed by atoms with Gasteiger partial charge in [0.15, 0.2) is 0 Å². The second kappa shape index (κ2) is 7.53. The van der Waals surface area contributed by atoms with Crippen LogP contribution in [0, 0.1) is 0 Å². The predicted octanol–water partition coefficient (Wildman–Crippen LogP) is 3.99. The van der Waals surface area contributed by atoms with E-state index in [0.29, 0.717) is 11.1 Å². The fourth-order valence-electron chi connectivity index (χ4n) is 2.22. The number of hydrogen-bond donors (Lipinski definition) is 1. The summed E-state index contributed by atoms with van der Waals surface area (Å²) in [7, 11) is 0. The third-order valence-electron chi connectivity index (χ3n) is 3.46. The zero-order valence-corrected chi connectivity index (χ0v) is 15.2. The highest BCUT2D eigenvalue weighted by Gasteiger charge is 2.30. The average molecular weight is 342 g/mol. The molecule has 2 amide bonds. The van der Waals surface area contributed by atoms with Gasteiger partial charge in [-0.1, -0.05) is 30.3 Å². The standard InChI is InChI=1S/C19H22N2O2S/c1-19(2,3)21(20-17(22)14-10-6-5-7-11-14)18(23)15-12-8-9-13-16(15)24-4/h5-13H,1-4H3,(H,20,22). The summed E-state index contributed by atoms with van der Waals surface area (Å²) in [5, 5.41) is 1.40. The molecule has 0 fully saturated rings. The van der Waals surface area contributed by atoms with Crippen molar-refractivity contribution in [2.75, 3.05) is 6.26 Å². The van der Waals surface area contributed by atoms with Crippen molar-refractivity contribution in [2.45, 2.75) is 31.2 Å². The Kier molecular flexibility index (Phi) is 5.67. The van der Waals surface area contributed by atoms with E-state index in [4.69, 9.17) is 0 Å². The van der Waals surface area contributed by atoms with E-state index < -0.39 is 5.54 Å². The lowest BCUT2D eigenvalue weighted by Gasteiger charge is -2.35. The molecule has 2 aromatic carbocycles. The number of rotatable bonds is 3. The van der Waals surface area contributed by atoms with Crippen molar-refractivity contribution >= 4 is 23.6 Å². The summed E-state index contributed by atoms with van der Waals surface area (Å²) in [6.45, 7) is 5.66. The molecule has 0 saturated heterocycles. The normalized spacial score (nSPS) is 11.0. The predicted molar refractivity (Wildman–Crippen MR) is 98.1 cm³/mol. The van der Waals surface area contributed by atoms with Gasteiger partial charge in [-0.15, -0.1) is 11.8 Å². The van der Waals surface area contributed by atoms with E-state index >= 15 is 0 Å². The summed E-state index contributed by atoms with van der Waals surface area (Å²) in [6, 6.07) is 16.3. The molecular formula is C19H22N2O2S. The minimum atomic E-state index is -0.562. The van der Waals surface area contributed by atoms with Crippen molar-refractivity contribution in [3.8, 4) is 0 Å². The second-order valence-electron chi connectivity index (χ2n) is 6.32. The SMILES string of the molecule is CSc1ccccc1C(=O)N(NC(=O)c1ccccc1)C(C)(C)C. The molecular weight excluding hydrogens is 320 g/mol. The van der Waals surface area contributed by atoms with Gasteiger partial charge in [0.25, 0.3) is 11.8 Å². The molecule has 126 valence electrons. The maximum Gasteiger partial charge on any atom is 0.273 e. The van der Waals surface area contributed by atoms with Crippen LogP contribution in [0.3, 0.4) is 0 Å². The van der Waals surface area contributed by atoms with Crippen molar-refractivity contribution in [1.29, 1.82) is 0 Å². The van der Waals surface area contributed by atoms with Gasteiger partial charge in [0, 0.05) is 10.5 Å². The van der Waals surface area contributed by atoms with Gasteiger partial charge in [0.1, 0.15) is 0 Å². The largest absolute Gasteiger partial charge is 0.273 e. The first-order chi connectivity index (χ1) is 11.3. The molecule has 0 radical (unpaired) electrons. The average Bonchev–Trinajstić information content (AvgIpc) is 2.58. The molecule has 0 aliphatic carbocycles. The molecule has 2 aromatic rings. The van der Waals surface area contributed by atoms with Crippen LogP contribution in [0.2, 0.25) is 0 Å². The Hall–Kier alpha value is -2.27. The van der Waals surface area contributed by atoms with Crippen LogP contribution in [0.1, 0.15) is 41.5 Å². The zero-order chi connectivity index (χ0) is 17.7. The Morgan fingerprint density at radius 2 is 1.54 bits per heavy atom. The lowest BCUT2D eigenvalue weighted by Crippen LogP contribution is -2.56. The van der Waals surface area contributed by atoms with Gasteiger partial charge in [-0.25, -0.2) is 5.01 Å². The first-order valence-electron chi connectivity index (χ1n) is 7.68. The molecule has 24 heavy (non-hydrogen) atoms. The van der Waals surface area contributed by atoms with Crippen LogP contribution in [-0.4, -0.2) is 28.6 Å². The van der Waals surface area contributed by atoms with Crippen LogP contribution in [0.15, 0.2) is 59.5 Å². The summed E-state index contributed by atoms with van der Waals surface area (Å²) in [6.07, 6.45) is 1.93. The minimum Gasteiger partial charge on any atom is -0.267 e. The van der Waals surface area contributed by atoms with E-state index in [0.717, 1.165) is 4.90 Å². The molecule has 0 saturated carbocycles. The van der Waals surface area contributed by atoms with Crippen LogP contribution < -0.4 is 5.43 Å². The van der Waals surface area contributed by atoms with E-state index in [-0.39, 0.29) is 11.8 Å². The number of nitrogens with zero attached hydrogens (tertiary/aromatic N) is 1. The lowest BCUT2D eigenvalue weighted by molar-refractivity contribution is 0.0356. The maximum absolute atomic E-state index is 13.0. The molecule has 1 N–H and O–H groups in total. The van der Waals surface area contributed by atoms with Crippen LogP contribution >= 0.6 is 11.8 Å². The number of hydrazine groups is 1. The van der Waals surface area contributed by atoms with E-state index in [1.165, 1.54) is 16.8 Å². The molecule has 0 unspecified atom stereocenters. The van der Waals surface area contributed by atoms with Crippen LogP contribution in [0.25, 0.3) is 0 Å². The van der Waals surface area contributed by atoms with E-state index in [1.807, 2.05) is 51.3 Å². The van der Waals surface area contributed by atoms with Crippen molar-refractivity contribution < 1.29 is 9.59 Å². The highest BCUT2D eigenvalue weighted by Crippen LogP contribution is 2.23. The smallest absolute Gasteiger partial charge is 0.267 e. The first kappa shape index (κ1) is 18.1. The fourth-order valence-corrected chi connectivity index (χ4v) is 2.81. The highest BCUT2D eigenvalue weighted by molar-refractivity contribution is 7.98. The summed E-state index contributed by atoms with van der Waals surface area (Å²) >= 11 is 1.51. The van der Waals surface area contributed by atoms with Crippen LogP contribution in [0.4, 0.5) is 0 Å². The van der Waals surface area contributed by atoms with Gasteiger partial charge < -0.3 is 0 Å². The zero-order valence-electron chi connectivity index (χ0n) is 14.4. The Morgan fingerprint density at radius 1 is 0.958 bits per heavy atom. The van der Waals surface area contributed by atoms with Crippen molar-refractivity contribution in [3.63, 3.8) is 0 Å². The molecule has 4 nitrogen and oxygen atoms in total. The number of hydrogen-bond acceptors (Lipinski definition) is 3. The van der Waals surface area contributed by atoms with Gasteiger partial charge in [0.05, 0.1) is 11.1 Å². The molecule has 0 aliphatic rings. The number of amides is 2. The van der Waals surface area contributed by atoms with E-state index in [9.17, 15) is 9.59 Å². The fraction of sp³-hybridized carbons (Fsp3) is 0.263. The van der Waals surface area contributed by atoms with Crippen LogP contribution in [0.5, 0.6) is 0 Å². The quantitative estimate of drug-likeness (QED) is 0.678. The molecule has 0 aliphatic heterocycles. The number of thioether (sulfide) groups is 1. The van der Waals surface area contributed by atoms with Crippen molar-refractivity contribution in [3.05, 3.63) is 65.7 Å². The monoisotopic (exact) mass is 342 g/mol. The topological polar surface area (TPSA) is 49.4 Å². The van der Waals surface area contributed by atoms with E-state index in [1.54, 1.807) is 30.3 Å². The Bertz CT molecular complexity index is 724. The number of nitrogens with one attached hydrogen (secondary N) is 1. The van der Waals surface area contributed by atoms with E-state index in [2.05, 4.69) is 5.43 Å². The molecule has 5 heteroatoms. The summed E-state index contributed by atoms with van der Waals surface area (Å²) in [5.74, 6) is -0.530. The molecule has 0 bridgehead atoms. The van der Waals surface area contributed by atoms with Crippen LogP contribution in [-0.2, 0) is 0 Å². The van der Waals surface area contributed by atoms with Gasteiger partial charge in [0.2, 0.25) is 0 Å². The highest BCUT2D eigenvalue weighted by atomic mass is 32.2. The van der Waals surface area contributed by atoms with Crippen molar-refractivity contribution in [2.24, 2.45) is 0 Å². The molecule has 0 aromatic heterocycles. The van der Waals surface area contributed by atoms with Gasteiger partial charge >= 0.3 is 0 Å². The third-order valence-corrected chi connectivity index (χ3v) is 4.26. The number of carbonyl (C=O) groups is 2. The molecule has 0 heterocycles. The Labute approximate surface area is 147 Å². The Morgan fingerprint density at radius 3 is 2.12 bits per heavy atom.